The number of pyridine rings is 1. The molecule has 2 aromatic heterocycles. The van der Waals surface area contributed by atoms with E-state index in [0.717, 1.165) is 24.4 Å². The van der Waals surface area contributed by atoms with Crippen molar-refractivity contribution < 1.29 is 31.9 Å². The van der Waals surface area contributed by atoms with Crippen molar-refractivity contribution in [1.29, 1.82) is 0 Å². The van der Waals surface area contributed by atoms with Crippen LogP contribution in [0.3, 0.4) is 0 Å². The van der Waals surface area contributed by atoms with E-state index in [2.05, 4.69) is 30.9 Å². The molecule has 0 aliphatic heterocycles. The first kappa shape index (κ1) is 26.1. The van der Waals surface area contributed by atoms with E-state index in [0.29, 0.717) is 12.8 Å². The van der Waals surface area contributed by atoms with Crippen LogP contribution < -0.4 is 20.7 Å². The minimum absolute atomic E-state index is 0.0411. The van der Waals surface area contributed by atoms with Gasteiger partial charge in [0.05, 0.1) is 47.3 Å². The number of benzene rings is 1. The molecular formula is C23H19ClF4N6O3. The van der Waals surface area contributed by atoms with Crippen LogP contribution in [0.5, 0.6) is 5.75 Å². The number of carbonyl (C=O) groups is 2. The van der Waals surface area contributed by atoms with Crippen molar-refractivity contribution in [2.75, 3.05) is 5.32 Å². The molecule has 1 aromatic carbocycles. The van der Waals surface area contributed by atoms with Gasteiger partial charge in [0.15, 0.2) is 5.75 Å². The van der Waals surface area contributed by atoms with Crippen molar-refractivity contribution >= 4 is 35.0 Å². The minimum Gasteiger partial charge on any atom is -0.407 e. The number of hydrogen-bond acceptors (Lipinski definition) is 7. The molecule has 1 fully saturated rings. The largest absolute Gasteiger partial charge is 0.418 e. The summed E-state index contributed by atoms with van der Waals surface area (Å²) in [6.07, 6.45) is 0.0635. The lowest BCUT2D eigenvalue weighted by Crippen LogP contribution is -2.50. The van der Waals surface area contributed by atoms with Gasteiger partial charge in [-0.15, -0.1) is 0 Å². The van der Waals surface area contributed by atoms with Crippen molar-refractivity contribution in [3.05, 3.63) is 71.3 Å². The molecule has 3 aromatic rings. The molecule has 2 heterocycles. The lowest BCUT2D eigenvalue weighted by atomic mass is 10.1. The van der Waals surface area contributed by atoms with Gasteiger partial charge in [-0.1, -0.05) is 11.6 Å². The highest BCUT2D eigenvalue weighted by Gasteiger charge is 2.52. The summed E-state index contributed by atoms with van der Waals surface area (Å²) in [5.74, 6) is -1.34. The van der Waals surface area contributed by atoms with Gasteiger partial charge >= 0.3 is 12.3 Å². The highest BCUT2D eigenvalue weighted by Crippen LogP contribution is 2.38. The lowest BCUT2D eigenvalue weighted by molar-refractivity contribution is -0.137. The number of rotatable bonds is 7. The highest BCUT2D eigenvalue weighted by molar-refractivity contribution is 6.30. The molecule has 1 saturated carbocycles. The number of ether oxygens (including phenoxy) is 1. The average Bonchev–Trinajstić information content (AvgIpc) is 3.60. The topological polar surface area (TPSA) is 118 Å². The first-order valence-electron chi connectivity index (χ1n) is 10.8. The number of alkyl halides is 3. The fourth-order valence-corrected chi connectivity index (χ4v) is 3.63. The standard InChI is InChI=1S/C23H19ClF4N6O3/c1-12(32-20(35)22(4-5-22)34-21(36)37-15-9-29-11-30-10-15)19-17(25)7-14(8-31-19)33-18-3-2-13(24)6-16(18)23(26,27)28/h2-3,6-12,33H,4-5H2,1H3,(H,32,35)(H,34,36). The van der Waals surface area contributed by atoms with Crippen LogP contribution >= 0.6 is 11.6 Å². The van der Waals surface area contributed by atoms with Gasteiger partial charge < -0.3 is 20.7 Å². The molecule has 37 heavy (non-hydrogen) atoms. The second-order valence-electron chi connectivity index (χ2n) is 8.27. The molecule has 1 aliphatic carbocycles. The van der Waals surface area contributed by atoms with Gasteiger partial charge in [0.1, 0.15) is 17.7 Å². The van der Waals surface area contributed by atoms with Gasteiger partial charge in [-0.3, -0.25) is 9.78 Å². The zero-order valence-corrected chi connectivity index (χ0v) is 19.8. The Kier molecular flexibility index (Phi) is 7.16. The van der Waals surface area contributed by atoms with Gasteiger partial charge in [-0.05, 0) is 38.0 Å². The summed E-state index contributed by atoms with van der Waals surface area (Å²) in [6, 6.07) is 3.19. The SMILES string of the molecule is CC(NC(=O)C1(NC(=O)Oc2cncnc2)CC1)c1ncc(Nc2ccc(Cl)cc2C(F)(F)F)cc1F. The zero-order valence-electron chi connectivity index (χ0n) is 19.1. The van der Waals surface area contributed by atoms with Gasteiger partial charge in [-0.2, -0.15) is 13.2 Å². The Morgan fingerprint density at radius 2 is 1.84 bits per heavy atom. The molecule has 194 valence electrons. The molecule has 4 rings (SSSR count). The summed E-state index contributed by atoms with van der Waals surface area (Å²) in [5, 5.41) is 7.47. The number of halogens is 5. The molecule has 0 saturated heterocycles. The fraction of sp³-hybridized carbons (Fsp3) is 0.261. The summed E-state index contributed by atoms with van der Waals surface area (Å²) in [7, 11) is 0. The average molecular weight is 539 g/mol. The predicted molar refractivity (Wildman–Crippen MR) is 124 cm³/mol. The molecule has 1 atom stereocenters. The van der Waals surface area contributed by atoms with Gasteiger partial charge in [0.25, 0.3) is 0 Å². The van der Waals surface area contributed by atoms with Gasteiger partial charge in [0, 0.05) is 11.1 Å². The number of nitrogens with zero attached hydrogens (tertiary/aromatic N) is 3. The number of anilines is 2. The van der Waals surface area contributed by atoms with E-state index in [1.807, 2.05) is 0 Å². The van der Waals surface area contributed by atoms with E-state index in [1.54, 1.807) is 0 Å². The van der Waals surface area contributed by atoms with Crippen molar-refractivity contribution in [1.82, 2.24) is 25.6 Å². The van der Waals surface area contributed by atoms with Crippen LogP contribution in [-0.2, 0) is 11.0 Å². The zero-order chi connectivity index (χ0) is 26.8. The number of aromatic nitrogens is 3. The van der Waals surface area contributed by atoms with E-state index in [-0.39, 0.29) is 27.8 Å². The molecule has 0 bridgehead atoms. The maximum absolute atomic E-state index is 14.8. The minimum atomic E-state index is -4.69. The quantitative estimate of drug-likeness (QED) is 0.365. The molecule has 1 aliphatic rings. The third kappa shape index (κ3) is 6.23. The van der Waals surface area contributed by atoms with Crippen molar-refractivity contribution in [2.24, 2.45) is 0 Å². The van der Waals surface area contributed by atoms with Crippen LogP contribution in [0.2, 0.25) is 5.02 Å². The Morgan fingerprint density at radius 1 is 1.14 bits per heavy atom. The van der Waals surface area contributed by atoms with E-state index < -0.39 is 41.1 Å². The van der Waals surface area contributed by atoms with Crippen LogP contribution in [0.1, 0.15) is 37.1 Å². The van der Waals surface area contributed by atoms with Crippen molar-refractivity contribution in [3.8, 4) is 5.75 Å². The Bertz CT molecular complexity index is 1320. The Hall–Kier alpha value is -4.00. The summed E-state index contributed by atoms with van der Waals surface area (Å²) in [6.45, 7) is 1.48. The number of hydrogen-bond donors (Lipinski definition) is 3. The Labute approximate surface area is 212 Å². The first-order chi connectivity index (χ1) is 17.5. The number of carbonyl (C=O) groups excluding carboxylic acids is 2. The molecule has 9 nitrogen and oxygen atoms in total. The lowest BCUT2D eigenvalue weighted by Gasteiger charge is -2.21. The first-order valence-corrected chi connectivity index (χ1v) is 11.2. The van der Waals surface area contributed by atoms with E-state index in [4.69, 9.17) is 16.3 Å². The molecule has 2 amide bonds. The third-order valence-corrected chi connectivity index (χ3v) is 5.70. The summed E-state index contributed by atoms with van der Waals surface area (Å²) in [4.78, 5) is 36.3. The van der Waals surface area contributed by atoms with E-state index in [9.17, 15) is 27.2 Å². The van der Waals surface area contributed by atoms with Gasteiger partial charge in [0.2, 0.25) is 5.91 Å². The second-order valence-corrected chi connectivity index (χ2v) is 8.71. The Morgan fingerprint density at radius 3 is 2.46 bits per heavy atom. The van der Waals surface area contributed by atoms with Crippen LogP contribution in [0.15, 0.2) is 49.2 Å². The van der Waals surface area contributed by atoms with Crippen LogP contribution in [0, 0.1) is 5.82 Å². The van der Waals surface area contributed by atoms with Crippen LogP contribution in [-0.4, -0.2) is 32.5 Å². The maximum atomic E-state index is 14.8. The third-order valence-electron chi connectivity index (χ3n) is 5.47. The number of amides is 2. The summed E-state index contributed by atoms with van der Waals surface area (Å²) >= 11 is 5.68. The molecule has 0 spiro atoms. The van der Waals surface area contributed by atoms with Gasteiger partial charge in [-0.25, -0.2) is 19.2 Å². The van der Waals surface area contributed by atoms with E-state index in [1.165, 1.54) is 31.7 Å². The number of nitrogens with one attached hydrogen (secondary N) is 3. The smallest absolute Gasteiger partial charge is 0.407 e. The maximum Gasteiger partial charge on any atom is 0.418 e. The summed E-state index contributed by atoms with van der Waals surface area (Å²) < 4.78 is 59.8. The molecule has 3 N–H and O–H groups in total. The molecule has 0 radical (unpaired) electrons. The highest BCUT2D eigenvalue weighted by atomic mass is 35.5. The van der Waals surface area contributed by atoms with Crippen LogP contribution in [0.4, 0.5) is 33.7 Å². The van der Waals surface area contributed by atoms with Crippen molar-refractivity contribution in [2.45, 2.75) is 37.5 Å². The predicted octanol–water partition coefficient (Wildman–Crippen LogP) is 4.92. The van der Waals surface area contributed by atoms with Crippen LogP contribution in [0.25, 0.3) is 0 Å². The Balaban J connectivity index is 1.41. The molecule has 14 heteroatoms. The molecular weight excluding hydrogens is 520 g/mol. The monoisotopic (exact) mass is 538 g/mol. The second kappa shape index (κ2) is 10.2. The van der Waals surface area contributed by atoms with E-state index >= 15 is 0 Å². The molecule has 1 unspecified atom stereocenters. The normalized spacial score (nSPS) is 14.9. The van der Waals surface area contributed by atoms with Crippen molar-refractivity contribution in [3.63, 3.8) is 0 Å². The fourth-order valence-electron chi connectivity index (χ4n) is 3.45. The summed E-state index contributed by atoms with van der Waals surface area (Å²) in [5.41, 5.74) is -2.76.